The second-order valence-corrected chi connectivity index (χ2v) is 12.2. The number of aliphatic imine (C=N–C) groups is 1. The normalized spacial score (nSPS) is 19.7. The van der Waals surface area contributed by atoms with Gasteiger partial charge in [0.15, 0.2) is 16.6 Å². The molecule has 43 heavy (non-hydrogen) atoms. The number of carboxylic acid groups (broad SMARTS) is 1. The summed E-state index contributed by atoms with van der Waals surface area (Å²) in [6, 6.07) is 6.81. The fourth-order valence-corrected chi connectivity index (χ4v) is 5.23. The predicted octanol–water partition coefficient (Wildman–Crippen LogP) is 1.17. The highest BCUT2D eigenvalue weighted by Gasteiger charge is 2.57. The van der Waals surface area contributed by atoms with Crippen LogP contribution in [0.25, 0.3) is 0 Å². The lowest BCUT2D eigenvalue weighted by molar-refractivity contribution is -0.228. The summed E-state index contributed by atoms with van der Waals surface area (Å²) in [4.78, 5) is 51.3. The topological polar surface area (TPSA) is 246 Å². The van der Waals surface area contributed by atoms with Crippen LogP contribution in [0.15, 0.2) is 39.8 Å². The van der Waals surface area contributed by atoms with Crippen LogP contribution < -0.4 is 16.2 Å². The first-order valence-corrected chi connectivity index (χ1v) is 15.2. The third kappa shape index (κ3) is 7.64. The molecule has 2 fully saturated rings. The molecule has 2 heterocycles. The Kier molecular flexibility index (Phi) is 9.33. The van der Waals surface area contributed by atoms with Gasteiger partial charge in [-0.1, -0.05) is 5.16 Å². The lowest BCUT2D eigenvalue weighted by atomic mass is 9.74. The number of aliphatic carboxylic acids is 1. The van der Waals surface area contributed by atoms with Gasteiger partial charge >= 0.3 is 16.4 Å². The van der Waals surface area contributed by atoms with Gasteiger partial charge in [0, 0.05) is 17.4 Å². The van der Waals surface area contributed by atoms with Gasteiger partial charge in [-0.3, -0.25) is 19.1 Å². The molecule has 1 amide bonds. The molecule has 1 aliphatic carbocycles. The van der Waals surface area contributed by atoms with Gasteiger partial charge in [0.25, 0.3) is 12.0 Å². The van der Waals surface area contributed by atoms with Crippen molar-refractivity contribution in [2.45, 2.75) is 57.2 Å². The first-order chi connectivity index (χ1) is 20.2. The smallest absolute Gasteiger partial charge is 0.418 e. The highest BCUT2D eigenvalue weighted by molar-refractivity contribution is 7.80. The van der Waals surface area contributed by atoms with Crippen molar-refractivity contribution < 1.29 is 46.3 Å². The highest BCUT2D eigenvalue weighted by Crippen LogP contribution is 2.40. The van der Waals surface area contributed by atoms with E-state index < -0.39 is 64.4 Å². The van der Waals surface area contributed by atoms with Crippen LogP contribution in [0.4, 0.5) is 5.13 Å². The minimum absolute atomic E-state index is 0.0232. The van der Waals surface area contributed by atoms with E-state index in [1.807, 2.05) is 0 Å². The summed E-state index contributed by atoms with van der Waals surface area (Å²) in [5.74, 6) is -3.43. The largest absolute Gasteiger partial charge is 0.489 e. The van der Waals surface area contributed by atoms with E-state index in [4.69, 9.17) is 25.6 Å². The van der Waals surface area contributed by atoms with Crippen LogP contribution in [-0.2, 0) is 33.9 Å². The van der Waals surface area contributed by atoms with E-state index >= 15 is 0 Å². The molecule has 2 aromatic rings. The van der Waals surface area contributed by atoms with Crippen molar-refractivity contribution >= 4 is 56.1 Å². The van der Waals surface area contributed by atoms with Crippen LogP contribution >= 0.6 is 11.3 Å². The number of rotatable bonds is 14. The van der Waals surface area contributed by atoms with Crippen LogP contribution in [0.1, 0.15) is 50.8 Å². The minimum Gasteiger partial charge on any atom is -0.489 e. The molecule has 16 nitrogen and oxygen atoms in total. The summed E-state index contributed by atoms with van der Waals surface area (Å²) < 4.78 is 40.9. The molecule has 18 heteroatoms. The Morgan fingerprint density at radius 1 is 1.26 bits per heavy atom. The Hall–Kier alpha value is -4.13. The zero-order chi connectivity index (χ0) is 31.5. The van der Waals surface area contributed by atoms with Crippen LogP contribution in [0.3, 0.4) is 0 Å². The van der Waals surface area contributed by atoms with Crippen LogP contribution in [-0.4, -0.2) is 81.6 Å². The Bertz CT molecular complexity index is 1550. The van der Waals surface area contributed by atoms with Gasteiger partial charge in [-0.2, -0.15) is 13.5 Å². The van der Waals surface area contributed by atoms with E-state index in [-0.39, 0.29) is 16.9 Å². The summed E-state index contributed by atoms with van der Waals surface area (Å²) in [5, 5.41) is 15.3. The van der Waals surface area contributed by atoms with Gasteiger partial charge in [0.05, 0.1) is 17.5 Å². The number of β-lactam (4-membered cyclic amide) rings is 1. The molecule has 1 aliphatic heterocycles. The third-order valence-electron chi connectivity index (χ3n) is 6.96. The number of carbonyl (C=O) groups is 3. The molecule has 1 aromatic carbocycles. The van der Waals surface area contributed by atoms with E-state index in [1.165, 1.54) is 19.2 Å². The van der Waals surface area contributed by atoms with Crippen molar-refractivity contribution in [1.82, 2.24) is 10.0 Å². The maximum atomic E-state index is 13.3. The maximum absolute atomic E-state index is 13.3. The van der Waals surface area contributed by atoms with E-state index in [0.29, 0.717) is 22.2 Å². The second-order valence-electron chi connectivity index (χ2n) is 10.3. The zero-order valence-corrected chi connectivity index (χ0v) is 24.7. The van der Waals surface area contributed by atoms with Gasteiger partial charge in [0.2, 0.25) is 0 Å². The van der Waals surface area contributed by atoms with Crippen molar-refractivity contribution in [1.29, 1.82) is 0 Å². The van der Waals surface area contributed by atoms with E-state index in [1.54, 1.807) is 24.3 Å². The summed E-state index contributed by atoms with van der Waals surface area (Å²) >= 11 is 0.985. The molecular formula is C25H30N6O10S2. The van der Waals surface area contributed by atoms with Crippen LogP contribution in [0.5, 0.6) is 5.75 Å². The summed E-state index contributed by atoms with van der Waals surface area (Å²) in [7, 11) is -4.98. The number of nitrogen functional groups attached to an aromatic ring is 1. The second kappa shape index (κ2) is 12.6. The first-order valence-electron chi connectivity index (χ1n) is 12.9. The lowest BCUT2D eigenvalue weighted by Gasteiger charge is -2.50. The molecule has 1 saturated carbocycles. The Labute approximate surface area is 250 Å². The third-order valence-corrected chi connectivity index (χ3v) is 7.97. The van der Waals surface area contributed by atoms with Crippen molar-refractivity contribution in [2.24, 2.45) is 21.8 Å². The molecule has 6 N–H and O–H groups in total. The lowest BCUT2D eigenvalue weighted by Crippen LogP contribution is -2.68. The molecule has 0 bridgehead atoms. The molecule has 2 atom stereocenters. The number of benzene rings is 1. The fraction of sp³-hybridized carbons (Fsp3) is 0.440. The summed E-state index contributed by atoms with van der Waals surface area (Å²) in [5.41, 5.74) is 10.7. The van der Waals surface area contributed by atoms with Gasteiger partial charge in [-0.15, -0.1) is 15.6 Å². The summed E-state index contributed by atoms with van der Waals surface area (Å²) in [6.45, 7) is 2.36. The van der Waals surface area contributed by atoms with E-state index in [9.17, 15) is 27.9 Å². The first kappa shape index (κ1) is 31.8. The molecule has 0 radical (unpaired) electrons. The Balaban J connectivity index is 1.44. The number of anilines is 1. The molecule has 4 rings (SSSR count). The van der Waals surface area contributed by atoms with Gasteiger partial charge in [0.1, 0.15) is 23.9 Å². The fourth-order valence-electron chi connectivity index (χ4n) is 4.23. The molecule has 1 aromatic heterocycles. The number of Topliss-reactive ketones (excluding diaryl/α,β-unsaturated/α-hetero) is 1. The average molecular weight is 639 g/mol. The number of hydrogen-bond donors (Lipinski definition) is 4. The number of hydroxylamine groups is 2. The van der Waals surface area contributed by atoms with E-state index in [0.717, 1.165) is 30.6 Å². The number of thiazole rings is 1. The predicted molar refractivity (Wildman–Crippen MR) is 153 cm³/mol. The zero-order valence-electron chi connectivity index (χ0n) is 23.1. The SMILES string of the molecule is CC1(C)[C@H](CC(=O)/C(=N\O[C@@H](COc2ccc(C(N)=NC3CCC3)cc2)C(=O)O)c2csc(N)n2)C(=O)N1OS(=O)(=O)O. The van der Waals surface area contributed by atoms with Crippen molar-refractivity contribution in [3.63, 3.8) is 0 Å². The maximum Gasteiger partial charge on any atom is 0.418 e. The number of oxime groups is 1. The van der Waals surface area contributed by atoms with Crippen molar-refractivity contribution in [3.8, 4) is 5.75 Å². The van der Waals surface area contributed by atoms with Gasteiger partial charge in [-0.25, -0.2) is 9.78 Å². The highest BCUT2D eigenvalue weighted by atomic mass is 32.3. The monoisotopic (exact) mass is 638 g/mol. The minimum atomic E-state index is -4.98. The number of ketones is 1. The number of nitrogens with two attached hydrogens (primary N) is 2. The van der Waals surface area contributed by atoms with Crippen LogP contribution in [0, 0.1) is 5.92 Å². The summed E-state index contributed by atoms with van der Waals surface area (Å²) in [6.07, 6.45) is 0.996. The quantitative estimate of drug-likeness (QED) is 0.0747. The molecular weight excluding hydrogens is 608 g/mol. The number of amides is 1. The number of ether oxygens (including phenoxy) is 1. The number of carbonyl (C=O) groups excluding carboxylic acids is 2. The Morgan fingerprint density at radius 2 is 1.93 bits per heavy atom. The van der Waals surface area contributed by atoms with Crippen molar-refractivity contribution in [3.05, 3.63) is 40.9 Å². The van der Waals surface area contributed by atoms with Gasteiger partial charge in [-0.05, 0) is 57.4 Å². The number of hydrogen-bond acceptors (Lipinski definition) is 13. The average Bonchev–Trinajstić information content (AvgIpc) is 3.34. The van der Waals surface area contributed by atoms with Crippen molar-refractivity contribution in [2.75, 3.05) is 12.3 Å². The molecule has 232 valence electrons. The molecule has 1 saturated heterocycles. The molecule has 0 spiro atoms. The molecule has 2 aliphatic rings. The number of carboxylic acids is 1. The molecule has 0 unspecified atom stereocenters. The van der Waals surface area contributed by atoms with E-state index in [2.05, 4.69) is 19.4 Å². The van der Waals surface area contributed by atoms with Crippen LogP contribution in [0.2, 0.25) is 0 Å². The number of aromatic nitrogens is 1. The number of amidine groups is 1. The Morgan fingerprint density at radius 3 is 2.44 bits per heavy atom. The van der Waals surface area contributed by atoms with Gasteiger partial charge < -0.3 is 26.1 Å². The standard InChI is InChI=1S/C25H30N6O10S2/c1-25(2)16(22(33)31(25)41-43(36,37)38)10-18(32)20(17-12-42-24(27)29-17)30-40-19(23(34)35)11-39-15-8-6-13(7-9-15)21(26)28-14-4-3-5-14/h6-9,12,14,16,19H,3-5,10-11H2,1-2H3,(H2,26,28)(H2,27,29)(H,34,35)(H,36,37,38)/b30-20-/t16-,19+/m1/s1. The number of nitrogens with zero attached hydrogens (tertiary/aromatic N) is 4.